The molecule has 31 heavy (non-hydrogen) atoms. The van der Waals surface area contributed by atoms with E-state index in [9.17, 15) is 18.0 Å². The maximum Gasteiger partial charge on any atom is 0.324 e. The summed E-state index contributed by atoms with van der Waals surface area (Å²) in [5.74, 6) is 4.24. The number of anilines is 1. The quantitative estimate of drug-likeness (QED) is 0.418. The molecule has 2 rings (SSSR count). The lowest BCUT2D eigenvalue weighted by molar-refractivity contribution is -0.142. The average molecular weight is 509 g/mol. The number of carbonyl (C=O) groups excluding carboxylic acids is 2. The van der Waals surface area contributed by atoms with Gasteiger partial charge in [0.2, 0.25) is 10.0 Å². The summed E-state index contributed by atoms with van der Waals surface area (Å²) < 4.78 is 37.9. The molecule has 1 unspecified atom stereocenters. The van der Waals surface area contributed by atoms with Crippen LogP contribution in [-0.4, -0.2) is 47.2 Å². The molecule has 0 radical (unpaired) electrons. The molecular formula is C21H21BrN2O6S. The Hall–Kier alpha value is -2.71. The van der Waals surface area contributed by atoms with Crippen LogP contribution in [0.4, 0.5) is 5.69 Å². The molecule has 10 heteroatoms. The number of ether oxygens (including phenoxy) is 2. The molecule has 0 aliphatic carbocycles. The van der Waals surface area contributed by atoms with Gasteiger partial charge in [0.05, 0.1) is 12.0 Å². The Morgan fingerprint density at radius 2 is 1.68 bits per heavy atom. The van der Waals surface area contributed by atoms with E-state index >= 15 is 0 Å². The normalized spacial score (nSPS) is 11.7. The lowest BCUT2D eigenvalue weighted by Crippen LogP contribution is -2.41. The molecule has 1 amide bonds. The van der Waals surface area contributed by atoms with Crippen molar-refractivity contribution >= 4 is 43.5 Å². The Balaban J connectivity index is 2.10. The van der Waals surface area contributed by atoms with E-state index in [0.29, 0.717) is 11.3 Å². The molecule has 164 valence electrons. The molecule has 8 nitrogen and oxygen atoms in total. The van der Waals surface area contributed by atoms with Gasteiger partial charge in [0, 0.05) is 29.3 Å². The van der Waals surface area contributed by atoms with Crippen LogP contribution in [0.15, 0.2) is 57.9 Å². The molecule has 0 saturated carbocycles. The van der Waals surface area contributed by atoms with Crippen molar-refractivity contribution in [1.82, 2.24) is 4.72 Å². The summed E-state index contributed by atoms with van der Waals surface area (Å²) >= 11 is 3.30. The molecule has 0 heterocycles. The van der Waals surface area contributed by atoms with E-state index < -0.39 is 22.0 Å². The van der Waals surface area contributed by atoms with E-state index in [1.54, 1.807) is 24.3 Å². The fourth-order valence-corrected chi connectivity index (χ4v) is 3.84. The van der Waals surface area contributed by atoms with Gasteiger partial charge in [-0.1, -0.05) is 27.8 Å². The summed E-state index contributed by atoms with van der Waals surface area (Å²) in [6, 6.07) is 11.2. The zero-order valence-electron chi connectivity index (χ0n) is 16.8. The van der Waals surface area contributed by atoms with E-state index in [1.807, 2.05) is 0 Å². The van der Waals surface area contributed by atoms with Crippen LogP contribution in [0.2, 0.25) is 0 Å². The predicted molar refractivity (Wildman–Crippen MR) is 119 cm³/mol. The van der Waals surface area contributed by atoms with E-state index in [2.05, 4.69) is 42.5 Å². The summed E-state index contributed by atoms with van der Waals surface area (Å²) in [7, 11) is -1.39. The monoisotopic (exact) mass is 508 g/mol. The van der Waals surface area contributed by atoms with Gasteiger partial charge in [0.15, 0.2) is 0 Å². The highest BCUT2D eigenvalue weighted by Gasteiger charge is 2.25. The number of rotatable bonds is 8. The summed E-state index contributed by atoms with van der Waals surface area (Å²) in [5.41, 5.74) is 0.874. The van der Waals surface area contributed by atoms with Gasteiger partial charge in [0.1, 0.15) is 12.6 Å². The molecule has 2 aromatic carbocycles. The second kappa shape index (κ2) is 11.6. The topological polar surface area (TPSA) is 111 Å². The second-order valence-electron chi connectivity index (χ2n) is 6.17. The number of carbonyl (C=O) groups is 2. The lowest BCUT2D eigenvalue weighted by atomic mass is 10.2. The summed E-state index contributed by atoms with van der Waals surface area (Å²) in [6.45, 7) is 0.161. The van der Waals surface area contributed by atoms with E-state index in [0.717, 1.165) is 11.6 Å². The third-order valence-corrected chi connectivity index (χ3v) is 5.98. The number of nitrogens with one attached hydrogen (secondary N) is 2. The van der Waals surface area contributed by atoms with Gasteiger partial charge in [-0.05, 0) is 48.5 Å². The van der Waals surface area contributed by atoms with Crippen LogP contribution >= 0.6 is 15.9 Å². The largest absolute Gasteiger partial charge is 0.468 e. The van der Waals surface area contributed by atoms with Gasteiger partial charge in [-0.25, -0.2) is 8.42 Å². The Morgan fingerprint density at radius 1 is 1.03 bits per heavy atom. The van der Waals surface area contributed by atoms with Gasteiger partial charge in [-0.15, -0.1) is 0 Å². The minimum Gasteiger partial charge on any atom is -0.468 e. The molecule has 2 aromatic rings. The van der Waals surface area contributed by atoms with Crippen LogP contribution in [0.3, 0.4) is 0 Å². The predicted octanol–water partition coefficient (Wildman–Crippen LogP) is 2.56. The average Bonchev–Trinajstić information content (AvgIpc) is 2.76. The molecule has 0 spiro atoms. The maximum absolute atomic E-state index is 12.7. The standard InChI is InChI=1S/C21H21BrN2O6S/c1-29-14-4-3-5-19(21(26)30-2)24-31(27,28)18-12-10-17(11-13-18)23-20(25)15-6-8-16(22)9-7-15/h6-13,19,24H,5,14H2,1-2H3,(H,23,25). The number of esters is 1. The molecule has 0 aliphatic heterocycles. The highest BCUT2D eigenvalue weighted by Crippen LogP contribution is 2.17. The first-order valence-corrected chi connectivity index (χ1v) is 11.3. The zero-order valence-corrected chi connectivity index (χ0v) is 19.2. The summed E-state index contributed by atoms with van der Waals surface area (Å²) in [4.78, 5) is 24.1. The molecule has 0 aromatic heterocycles. The van der Waals surface area contributed by atoms with Crippen molar-refractivity contribution in [2.45, 2.75) is 17.4 Å². The van der Waals surface area contributed by atoms with Crippen LogP contribution in [0.25, 0.3) is 0 Å². The number of sulfonamides is 1. The van der Waals surface area contributed by atoms with Gasteiger partial charge in [0.25, 0.3) is 5.91 Å². The van der Waals surface area contributed by atoms with Gasteiger partial charge in [-0.2, -0.15) is 4.72 Å². The highest BCUT2D eigenvalue weighted by molar-refractivity contribution is 9.10. The third kappa shape index (κ3) is 7.48. The number of hydrogen-bond acceptors (Lipinski definition) is 6. The van der Waals surface area contributed by atoms with Crippen LogP contribution in [0.5, 0.6) is 0 Å². The summed E-state index contributed by atoms with van der Waals surface area (Å²) in [5, 5.41) is 2.69. The fraction of sp³-hybridized carbons (Fsp3) is 0.238. The van der Waals surface area contributed by atoms with Crippen LogP contribution in [0.1, 0.15) is 16.8 Å². The minimum atomic E-state index is -4.03. The number of halogens is 1. The van der Waals surface area contributed by atoms with Gasteiger partial charge < -0.3 is 14.8 Å². The van der Waals surface area contributed by atoms with Crippen LogP contribution in [0, 0.1) is 11.8 Å². The maximum atomic E-state index is 12.7. The van der Waals surface area contributed by atoms with Crippen molar-refractivity contribution in [3.05, 3.63) is 58.6 Å². The number of methoxy groups -OCH3 is 2. The van der Waals surface area contributed by atoms with E-state index in [1.165, 1.54) is 31.4 Å². The Morgan fingerprint density at radius 3 is 2.26 bits per heavy atom. The molecule has 0 saturated heterocycles. The highest BCUT2D eigenvalue weighted by atomic mass is 79.9. The molecule has 2 N–H and O–H groups in total. The molecular weight excluding hydrogens is 488 g/mol. The van der Waals surface area contributed by atoms with Crippen molar-refractivity contribution in [2.75, 3.05) is 26.1 Å². The zero-order chi connectivity index (χ0) is 22.9. The number of benzene rings is 2. The Kier molecular flexibility index (Phi) is 9.21. The van der Waals surface area contributed by atoms with Crippen molar-refractivity contribution in [3.8, 4) is 11.8 Å². The van der Waals surface area contributed by atoms with Gasteiger partial charge in [-0.3, -0.25) is 9.59 Å². The first-order valence-electron chi connectivity index (χ1n) is 8.98. The Labute approximate surface area is 189 Å². The smallest absolute Gasteiger partial charge is 0.324 e. The SMILES string of the molecule is COCC#CCC(NS(=O)(=O)c1ccc(NC(=O)c2ccc(Br)cc2)cc1)C(=O)OC. The van der Waals surface area contributed by atoms with Crippen molar-refractivity contribution in [2.24, 2.45) is 0 Å². The lowest BCUT2D eigenvalue weighted by Gasteiger charge is -2.15. The summed E-state index contributed by atoms with van der Waals surface area (Å²) in [6.07, 6.45) is -0.0728. The molecule has 0 bridgehead atoms. The van der Waals surface area contributed by atoms with E-state index in [4.69, 9.17) is 4.74 Å². The van der Waals surface area contributed by atoms with Crippen LogP contribution < -0.4 is 10.0 Å². The first kappa shape index (κ1) is 24.6. The fourth-order valence-electron chi connectivity index (χ4n) is 2.39. The van der Waals surface area contributed by atoms with Crippen molar-refractivity contribution in [3.63, 3.8) is 0 Å². The molecule has 1 atom stereocenters. The minimum absolute atomic E-state index is 0.0728. The Bertz CT molecular complexity index is 1070. The van der Waals surface area contributed by atoms with Gasteiger partial charge >= 0.3 is 5.97 Å². The van der Waals surface area contributed by atoms with Crippen LogP contribution in [-0.2, 0) is 24.3 Å². The third-order valence-electron chi connectivity index (χ3n) is 3.96. The molecule has 0 aliphatic rings. The number of hydrogen-bond donors (Lipinski definition) is 2. The van der Waals surface area contributed by atoms with E-state index in [-0.39, 0.29) is 23.8 Å². The first-order chi connectivity index (χ1) is 14.8. The van der Waals surface area contributed by atoms with Crippen molar-refractivity contribution < 1.29 is 27.5 Å². The molecule has 0 fully saturated rings. The number of amides is 1. The second-order valence-corrected chi connectivity index (χ2v) is 8.80. The van der Waals surface area contributed by atoms with Crippen molar-refractivity contribution in [1.29, 1.82) is 0 Å².